The van der Waals surface area contributed by atoms with E-state index in [9.17, 15) is 13.2 Å². The van der Waals surface area contributed by atoms with Gasteiger partial charge in [-0.1, -0.05) is 29.3 Å². The van der Waals surface area contributed by atoms with Crippen LogP contribution in [0.2, 0.25) is 5.02 Å². The SMILES string of the molecule is Cc1ccc(NC(=O)CCCN(c2ccc(Cl)cc2)S(C)(=O)=O)c(C)c1. The van der Waals surface area contributed by atoms with Crippen LogP contribution in [0.4, 0.5) is 11.4 Å². The van der Waals surface area contributed by atoms with Gasteiger partial charge in [0.2, 0.25) is 15.9 Å². The first-order chi connectivity index (χ1) is 12.2. The molecule has 0 fully saturated rings. The van der Waals surface area contributed by atoms with Gasteiger partial charge in [-0.05, 0) is 56.2 Å². The number of anilines is 2. The number of amides is 1. The fourth-order valence-corrected chi connectivity index (χ4v) is 3.73. The van der Waals surface area contributed by atoms with Gasteiger partial charge >= 0.3 is 0 Å². The van der Waals surface area contributed by atoms with Crippen LogP contribution in [0, 0.1) is 13.8 Å². The summed E-state index contributed by atoms with van der Waals surface area (Å²) in [5, 5.41) is 3.41. The minimum Gasteiger partial charge on any atom is -0.326 e. The number of hydrogen-bond acceptors (Lipinski definition) is 3. The van der Waals surface area contributed by atoms with Crippen molar-refractivity contribution in [3.63, 3.8) is 0 Å². The molecule has 0 aliphatic rings. The lowest BCUT2D eigenvalue weighted by Gasteiger charge is -2.22. The summed E-state index contributed by atoms with van der Waals surface area (Å²) in [7, 11) is -3.44. The number of rotatable bonds is 7. The van der Waals surface area contributed by atoms with Crippen molar-refractivity contribution in [2.24, 2.45) is 0 Å². The Hall–Kier alpha value is -2.05. The highest BCUT2D eigenvalue weighted by Gasteiger charge is 2.17. The molecule has 0 heterocycles. The van der Waals surface area contributed by atoms with Gasteiger partial charge in [0.15, 0.2) is 0 Å². The Labute approximate surface area is 160 Å². The Kier molecular flexibility index (Phi) is 6.67. The molecule has 0 bridgehead atoms. The van der Waals surface area contributed by atoms with Crippen LogP contribution in [0.15, 0.2) is 42.5 Å². The first kappa shape index (κ1) is 20.3. The van der Waals surface area contributed by atoms with E-state index in [0.717, 1.165) is 23.1 Å². The number of carbonyl (C=O) groups excluding carboxylic acids is 1. The normalized spacial score (nSPS) is 11.2. The highest BCUT2D eigenvalue weighted by molar-refractivity contribution is 7.92. The largest absolute Gasteiger partial charge is 0.326 e. The van der Waals surface area contributed by atoms with E-state index in [1.807, 2.05) is 32.0 Å². The van der Waals surface area contributed by atoms with Crippen molar-refractivity contribution in [1.82, 2.24) is 0 Å². The summed E-state index contributed by atoms with van der Waals surface area (Å²) in [6.45, 7) is 4.16. The van der Waals surface area contributed by atoms with E-state index in [1.165, 1.54) is 4.31 Å². The van der Waals surface area contributed by atoms with Crippen LogP contribution < -0.4 is 9.62 Å². The smallest absolute Gasteiger partial charge is 0.232 e. The number of benzene rings is 2. The van der Waals surface area contributed by atoms with Crippen molar-refractivity contribution in [1.29, 1.82) is 0 Å². The molecule has 140 valence electrons. The Morgan fingerprint density at radius 3 is 2.35 bits per heavy atom. The summed E-state index contributed by atoms with van der Waals surface area (Å²) in [5.74, 6) is -0.137. The molecule has 0 unspecified atom stereocenters. The van der Waals surface area contributed by atoms with E-state index < -0.39 is 10.0 Å². The van der Waals surface area contributed by atoms with Crippen LogP contribution in [0.1, 0.15) is 24.0 Å². The molecule has 5 nitrogen and oxygen atoms in total. The quantitative estimate of drug-likeness (QED) is 0.767. The lowest BCUT2D eigenvalue weighted by molar-refractivity contribution is -0.116. The molecule has 1 amide bonds. The van der Waals surface area contributed by atoms with Gasteiger partial charge in [0, 0.05) is 23.7 Å². The molecule has 0 saturated carbocycles. The van der Waals surface area contributed by atoms with Gasteiger partial charge in [-0.25, -0.2) is 8.42 Å². The Bertz CT molecular complexity index is 880. The summed E-state index contributed by atoms with van der Waals surface area (Å²) in [5.41, 5.74) is 3.44. The van der Waals surface area contributed by atoms with Crippen molar-refractivity contribution in [3.8, 4) is 0 Å². The molecule has 0 atom stereocenters. The average molecular weight is 395 g/mol. The van der Waals surface area contributed by atoms with Crippen LogP contribution in [0.5, 0.6) is 0 Å². The van der Waals surface area contributed by atoms with Gasteiger partial charge in [-0.15, -0.1) is 0 Å². The monoisotopic (exact) mass is 394 g/mol. The molecule has 0 aliphatic heterocycles. The predicted molar refractivity (Wildman–Crippen MR) is 107 cm³/mol. The summed E-state index contributed by atoms with van der Waals surface area (Å²) >= 11 is 5.86. The highest BCUT2D eigenvalue weighted by atomic mass is 35.5. The number of carbonyl (C=O) groups is 1. The maximum Gasteiger partial charge on any atom is 0.232 e. The molecule has 0 spiro atoms. The van der Waals surface area contributed by atoms with Gasteiger partial charge in [0.25, 0.3) is 0 Å². The Morgan fingerprint density at radius 1 is 1.12 bits per heavy atom. The topological polar surface area (TPSA) is 66.5 Å². The van der Waals surface area contributed by atoms with Crippen molar-refractivity contribution < 1.29 is 13.2 Å². The molecule has 2 aromatic carbocycles. The van der Waals surface area contributed by atoms with E-state index >= 15 is 0 Å². The number of hydrogen-bond donors (Lipinski definition) is 1. The van der Waals surface area contributed by atoms with E-state index in [-0.39, 0.29) is 18.9 Å². The number of halogens is 1. The molecule has 0 aliphatic carbocycles. The molecular formula is C19H23ClN2O3S. The minimum absolute atomic E-state index is 0.137. The molecule has 26 heavy (non-hydrogen) atoms. The van der Waals surface area contributed by atoms with Crippen molar-refractivity contribution >= 4 is 38.9 Å². The summed E-state index contributed by atoms with van der Waals surface area (Å²) < 4.78 is 25.4. The molecule has 0 radical (unpaired) electrons. The molecule has 2 aromatic rings. The zero-order valence-electron chi connectivity index (χ0n) is 15.1. The van der Waals surface area contributed by atoms with Crippen LogP contribution in [0.3, 0.4) is 0 Å². The zero-order chi connectivity index (χ0) is 19.3. The zero-order valence-corrected chi connectivity index (χ0v) is 16.7. The second-order valence-corrected chi connectivity index (χ2v) is 8.62. The molecule has 1 N–H and O–H groups in total. The van der Waals surface area contributed by atoms with Crippen LogP contribution in [0.25, 0.3) is 0 Å². The number of nitrogens with one attached hydrogen (secondary N) is 1. The minimum atomic E-state index is -3.44. The lowest BCUT2D eigenvalue weighted by atomic mass is 10.1. The lowest BCUT2D eigenvalue weighted by Crippen LogP contribution is -2.31. The molecule has 0 aromatic heterocycles. The van der Waals surface area contributed by atoms with Crippen LogP contribution in [-0.4, -0.2) is 27.1 Å². The standard InChI is InChI=1S/C19H23ClN2O3S/c1-14-6-11-18(15(2)13-14)21-19(23)5-4-12-22(26(3,24)25)17-9-7-16(20)8-10-17/h6-11,13H,4-5,12H2,1-3H3,(H,21,23). The maximum atomic E-state index is 12.2. The van der Waals surface area contributed by atoms with Crippen LogP contribution >= 0.6 is 11.6 Å². The van der Waals surface area contributed by atoms with Gasteiger partial charge < -0.3 is 5.32 Å². The van der Waals surface area contributed by atoms with Gasteiger partial charge in [0.1, 0.15) is 0 Å². The van der Waals surface area contributed by atoms with Crippen molar-refractivity contribution in [3.05, 3.63) is 58.6 Å². The third-order valence-electron chi connectivity index (χ3n) is 3.94. The Balaban J connectivity index is 1.96. The van der Waals surface area contributed by atoms with E-state index in [2.05, 4.69) is 5.32 Å². The van der Waals surface area contributed by atoms with Crippen molar-refractivity contribution in [2.45, 2.75) is 26.7 Å². The highest BCUT2D eigenvalue weighted by Crippen LogP contribution is 2.21. The van der Waals surface area contributed by atoms with Gasteiger partial charge in [-0.3, -0.25) is 9.10 Å². The van der Waals surface area contributed by atoms with Gasteiger partial charge in [0.05, 0.1) is 11.9 Å². The maximum absolute atomic E-state index is 12.2. The first-order valence-electron chi connectivity index (χ1n) is 8.27. The average Bonchev–Trinajstić information content (AvgIpc) is 2.54. The van der Waals surface area contributed by atoms with Gasteiger partial charge in [-0.2, -0.15) is 0 Å². The van der Waals surface area contributed by atoms with E-state index in [0.29, 0.717) is 17.1 Å². The Morgan fingerprint density at radius 2 is 1.77 bits per heavy atom. The summed E-state index contributed by atoms with van der Waals surface area (Å²) in [6, 6.07) is 12.4. The number of sulfonamides is 1. The molecule has 2 rings (SSSR count). The number of aryl methyl sites for hydroxylation is 2. The van der Waals surface area contributed by atoms with Crippen LogP contribution in [-0.2, 0) is 14.8 Å². The summed E-state index contributed by atoms with van der Waals surface area (Å²) in [6.07, 6.45) is 1.79. The fraction of sp³-hybridized carbons (Fsp3) is 0.316. The van der Waals surface area contributed by atoms with E-state index in [1.54, 1.807) is 24.3 Å². The second kappa shape index (κ2) is 8.56. The number of nitrogens with zero attached hydrogens (tertiary/aromatic N) is 1. The van der Waals surface area contributed by atoms with Crippen molar-refractivity contribution in [2.75, 3.05) is 22.4 Å². The first-order valence-corrected chi connectivity index (χ1v) is 10.5. The molecular weight excluding hydrogens is 372 g/mol. The molecule has 0 saturated heterocycles. The fourth-order valence-electron chi connectivity index (χ4n) is 2.64. The van der Waals surface area contributed by atoms with E-state index in [4.69, 9.17) is 11.6 Å². The second-order valence-electron chi connectivity index (χ2n) is 6.28. The predicted octanol–water partition coefficient (Wildman–Crippen LogP) is 4.14. The third-order valence-corrected chi connectivity index (χ3v) is 5.38. The molecule has 7 heteroatoms. The third kappa shape index (κ3) is 5.75. The summed E-state index contributed by atoms with van der Waals surface area (Å²) in [4.78, 5) is 12.2.